The Morgan fingerprint density at radius 1 is 1.29 bits per heavy atom. The van der Waals surface area contributed by atoms with Crippen molar-refractivity contribution in [3.63, 3.8) is 0 Å². The van der Waals surface area contributed by atoms with Gasteiger partial charge in [0.25, 0.3) is 0 Å². The van der Waals surface area contributed by atoms with E-state index in [2.05, 4.69) is 9.97 Å². The first-order valence-electron chi connectivity index (χ1n) is 4.78. The summed E-state index contributed by atoms with van der Waals surface area (Å²) >= 11 is 7.38. The van der Waals surface area contributed by atoms with Gasteiger partial charge in [-0.2, -0.15) is 0 Å². The van der Waals surface area contributed by atoms with E-state index in [-0.39, 0.29) is 0 Å². The summed E-state index contributed by atoms with van der Waals surface area (Å²) < 4.78 is 5.56. The van der Waals surface area contributed by atoms with Gasteiger partial charge in [0.1, 0.15) is 11.4 Å². The summed E-state index contributed by atoms with van der Waals surface area (Å²) in [5, 5.41) is 1.39. The molecule has 0 aliphatic heterocycles. The maximum absolute atomic E-state index is 5.87. The Hall–Kier alpha value is -1.46. The zero-order chi connectivity index (χ0) is 12.3. The highest BCUT2D eigenvalue weighted by Crippen LogP contribution is 2.29. The van der Waals surface area contributed by atoms with Crippen molar-refractivity contribution in [2.45, 2.75) is 5.03 Å². The van der Waals surface area contributed by atoms with Crippen LogP contribution in [0.3, 0.4) is 0 Å². The summed E-state index contributed by atoms with van der Waals surface area (Å²) in [7, 11) is 0. The van der Waals surface area contributed by atoms with Gasteiger partial charge in [-0.05, 0) is 18.4 Å². The Morgan fingerprint density at radius 2 is 2.12 bits per heavy atom. The molecule has 2 N–H and O–H groups in total. The van der Waals surface area contributed by atoms with E-state index >= 15 is 0 Å². The maximum Gasteiger partial charge on any atom is 0.223 e. The molecule has 0 amide bonds. The van der Waals surface area contributed by atoms with Crippen LogP contribution in [0.15, 0.2) is 35.6 Å². The summed E-state index contributed by atoms with van der Waals surface area (Å²) in [6.07, 6.45) is 3.38. The third-order valence-corrected chi connectivity index (χ3v) is 2.89. The summed E-state index contributed by atoms with van der Waals surface area (Å²) in [5.41, 5.74) is 6.29. The largest absolute Gasteiger partial charge is 0.437 e. The third kappa shape index (κ3) is 3.01. The van der Waals surface area contributed by atoms with Crippen LogP contribution in [0.5, 0.6) is 11.6 Å². The molecule has 0 fully saturated rings. The molecule has 0 atom stereocenters. The number of rotatable bonds is 3. The second-order valence-electron chi connectivity index (χ2n) is 3.18. The number of aromatic nitrogens is 2. The van der Waals surface area contributed by atoms with E-state index < -0.39 is 0 Å². The first-order valence-corrected chi connectivity index (χ1v) is 6.38. The molecule has 0 radical (unpaired) electrons. The summed E-state index contributed by atoms with van der Waals surface area (Å²) in [5.74, 6) is 0.932. The number of thioether (sulfide) groups is 1. The Bertz CT molecular complexity index is 536. The molecule has 2 aromatic rings. The molecule has 88 valence electrons. The van der Waals surface area contributed by atoms with Crippen molar-refractivity contribution >= 4 is 29.1 Å². The lowest BCUT2D eigenvalue weighted by molar-refractivity contribution is 0.461. The number of halogens is 1. The molecule has 0 saturated heterocycles. The second kappa shape index (κ2) is 5.25. The first kappa shape index (κ1) is 12.0. The van der Waals surface area contributed by atoms with Gasteiger partial charge in [-0.3, -0.25) is 0 Å². The molecular weight excluding hydrogens is 258 g/mol. The molecule has 0 aliphatic carbocycles. The SMILES string of the molecule is CSc1cc(Oc2cc(Cl)ccc2N)ncn1. The van der Waals surface area contributed by atoms with Crippen molar-refractivity contribution in [3.05, 3.63) is 35.6 Å². The van der Waals surface area contributed by atoms with Crippen LogP contribution in [-0.4, -0.2) is 16.2 Å². The van der Waals surface area contributed by atoms with E-state index in [0.29, 0.717) is 22.3 Å². The fourth-order valence-electron chi connectivity index (χ4n) is 1.20. The topological polar surface area (TPSA) is 61.0 Å². The molecule has 1 aromatic carbocycles. The second-order valence-corrected chi connectivity index (χ2v) is 4.45. The number of ether oxygens (including phenoxy) is 1. The predicted octanol–water partition coefficient (Wildman–Crippen LogP) is 3.23. The molecular formula is C11H10ClN3OS. The number of benzene rings is 1. The molecule has 0 spiro atoms. The minimum absolute atomic E-state index is 0.443. The minimum atomic E-state index is 0.443. The number of nitrogen functional groups attached to an aromatic ring is 1. The molecule has 4 nitrogen and oxygen atoms in total. The molecule has 0 bridgehead atoms. The fraction of sp³-hybridized carbons (Fsp3) is 0.0909. The third-order valence-electron chi connectivity index (χ3n) is 2.02. The van der Waals surface area contributed by atoms with E-state index in [9.17, 15) is 0 Å². The standard InChI is InChI=1S/C11H10ClN3OS/c1-17-11-5-10(14-6-15-11)16-9-4-7(12)2-3-8(9)13/h2-6H,13H2,1H3. The van der Waals surface area contributed by atoms with Crippen LogP contribution in [0.1, 0.15) is 0 Å². The van der Waals surface area contributed by atoms with Gasteiger partial charge in [-0.1, -0.05) is 11.6 Å². The van der Waals surface area contributed by atoms with Crippen LogP contribution in [-0.2, 0) is 0 Å². The summed E-state index contributed by atoms with van der Waals surface area (Å²) in [4.78, 5) is 8.06. The van der Waals surface area contributed by atoms with Gasteiger partial charge in [-0.15, -0.1) is 11.8 Å². The molecule has 17 heavy (non-hydrogen) atoms. The van der Waals surface area contributed by atoms with Crippen molar-refractivity contribution in [1.29, 1.82) is 0 Å². The molecule has 0 saturated carbocycles. The Balaban J connectivity index is 2.27. The Kier molecular flexibility index (Phi) is 3.71. The van der Waals surface area contributed by atoms with E-state index in [1.807, 2.05) is 6.26 Å². The molecule has 0 unspecified atom stereocenters. The van der Waals surface area contributed by atoms with Crippen LogP contribution in [0, 0.1) is 0 Å². The molecule has 0 aliphatic rings. The average molecular weight is 268 g/mol. The fourth-order valence-corrected chi connectivity index (χ4v) is 1.73. The normalized spacial score (nSPS) is 10.2. The monoisotopic (exact) mass is 267 g/mol. The number of nitrogens with zero attached hydrogens (tertiary/aromatic N) is 2. The molecule has 1 aromatic heterocycles. The van der Waals surface area contributed by atoms with Gasteiger partial charge >= 0.3 is 0 Å². The van der Waals surface area contributed by atoms with Crippen molar-refractivity contribution < 1.29 is 4.74 Å². The van der Waals surface area contributed by atoms with E-state index in [4.69, 9.17) is 22.1 Å². The Labute approximate surface area is 108 Å². The van der Waals surface area contributed by atoms with Crippen LogP contribution in [0.25, 0.3) is 0 Å². The average Bonchev–Trinajstić information content (AvgIpc) is 2.34. The molecule has 2 rings (SSSR count). The van der Waals surface area contributed by atoms with Crippen LogP contribution < -0.4 is 10.5 Å². The lowest BCUT2D eigenvalue weighted by atomic mass is 10.3. The smallest absolute Gasteiger partial charge is 0.223 e. The van der Waals surface area contributed by atoms with Crippen LogP contribution >= 0.6 is 23.4 Å². The lowest BCUT2D eigenvalue weighted by Gasteiger charge is -2.08. The molecule has 1 heterocycles. The predicted molar refractivity (Wildman–Crippen MR) is 69.8 cm³/mol. The number of nitrogens with two attached hydrogens (primary N) is 1. The van der Waals surface area contributed by atoms with Gasteiger partial charge in [0.05, 0.1) is 5.69 Å². The van der Waals surface area contributed by atoms with Gasteiger partial charge in [0.15, 0.2) is 5.75 Å². The number of hydrogen-bond donors (Lipinski definition) is 1. The quantitative estimate of drug-likeness (QED) is 0.526. The first-order chi connectivity index (χ1) is 8.19. The van der Waals surface area contributed by atoms with Crippen molar-refractivity contribution in [2.75, 3.05) is 12.0 Å². The summed E-state index contributed by atoms with van der Waals surface area (Å²) in [6, 6.07) is 6.79. The van der Waals surface area contributed by atoms with E-state index in [1.165, 1.54) is 18.1 Å². The van der Waals surface area contributed by atoms with E-state index in [1.54, 1.807) is 24.3 Å². The van der Waals surface area contributed by atoms with Crippen molar-refractivity contribution in [3.8, 4) is 11.6 Å². The van der Waals surface area contributed by atoms with Gasteiger partial charge in [0, 0.05) is 17.2 Å². The highest BCUT2D eigenvalue weighted by Gasteiger charge is 2.05. The van der Waals surface area contributed by atoms with Gasteiger partial charge < -0.3 is 10.5 Å². The number of hydrogen-bond acceptors (Lipinski definition) is 5. The highest BCUT2D eigenvalue weighted by molar-refractivity contribution is 7.98. The highest BCUT2D eigenvalue weighted by atomic mass is 35.5. The Morgan fingerprint density at radius 3 is 2.88 bits per heavy atom. The zero-order valence-electron chi connectivity index (χ0n) is 9.05. The zero-order valence-corrected chi connectivity index (χ0v) is 10.6. The van der Waals surface area contributed by atoms with Crippen LogP contribution in [0.4, 0.5) is 5.69 Å². The van der Waals surface area contributed by atoms with Gasteiger partial charge in [-0.25, -0.2) is 9.97 Å². The van der Waals surface area contributed by atoms with Crippen LogP contribution in [0.2, 0.25) is 5.02 Å². The maximum atomic E-state index is 5.87. The molecule has 6 heteroatoms. The number of anilines is 1. The summed E-state index contributed by atoms with van der Waals surface area (Å²) in [6.45, 7) is 0. The van der Waals surface area contributed by atoms with Crippen molar-refractivity contribution in [2.24, 2.45) is 0 Å². The van der Waals surface area contributed by atoms with E-state index in [0.717, 1.165) is 5.03 Å². The van der Waals surface area contributed by atoms with Crippen molar-refractivity contribution in [1.82, 2.24) is 9.97 Å². The lowest BCUT2D eigenvalue weighted by Crippen LogP contribution is -1.94. The minimum Gasteiger partial charge on any atom is -0.437 e. The van der Waals surface area contributed by atoms with Gasteiger partial charge in [0.2, 0.25) is 5.88 Å².